The van der Waals surface area contributed by atoms with Crippen LogP contribution in [0.5, 0.6) is 0 Å². The summed E-state index contributed by atoms with van der Waals surface area (Å²) < 4.78 is 0.947. The molecule has 10 heavy (non-hydrogen) atoms. The molecule has 0 bridgehead atoms. The van der Waals surface area contributed by atoms with Crippen LogP contribution in [0.3, 0.4) is 0 Å². The molecule has 0 atom stereocenters. The molecular weight excluding hydrogens is 204 g/mol. The predicted molar refractivity (Wildman–Crippen MR) is 34.6 cm³/mol. The summed E-state index contributed by atoms with van der Waals surface area (Å²) in [6.07, 6.45) is -1.83. The fourth-order valence-electron chi connectivity index (χ4n) is 0.246. The molecule has 2 N–H and O–H groups in total. The Hall–Kier alpha value is -0.511. The normalized spacial score (nSPS) is 7.80. The van der Waals surface area contributed by atoms with Crippen LogP contribution in [-0.2, 0) is 16.0 Å². The van der Waals surface area contributed by atoms with Crippen molar-refractivity contribution in [2.75, 3.05) is 0 Å². The van der Waals surface area contributed by atoms with Crippen molar-refractivity contribution in [3.63, 3.8) is 0 Å². The molecule has 3 nitrogen and oxygen atoms in total. The number of carbonyl (C=O) groups is 1. The Balaban J connectivity index is 0.000000180. The first-order valence-electron chi connectivity index (χ1n) is 2.20. The van der Waals surface area contributed by atoms with Crippen LogP contribution < -0.4 is 3.78 Å². The van der Waals surface area contributed by atoms with E-state index in [1.807, 2.05) is 17.5 Å². The summed E-state index contributed by atoms with van der Waals surface area (Å²) in [6.45, 7) is 0. The fraction of sp³-hybridized carbons (Fsp3) is 0. The van der Waals surface area contributed by atoms with Gasteiger partial charge in [0.05, 0.1) is 0 Å². The summed E-state index contributed by atoms with van der Waals surface area (Å²) in [5.74, 6) is 0. The Kier molecular flexibility index (Phi) is 5.02. The van der Waals surface area contributed by atoms with Gasteiger partial charge in [-0.1, -0.05) is 0 Å². The fourth-order valence-corrected chi connectivity index (χ4v) is 0.963. The van der Waals surface area contributed by atoms with E-state index in [9.17, 15) is 0 Å². The van der Waals surface area contributed by atoms with Gasteiger partial charge in [-0.05, 0) is 0 Å². The molecule has 0 aromatic carbocycles. The summed E-state index contributed by atoms with van der Waals surface area (Å²) >= 11 is 6.48. The van der Waals surface area contributed by atoms with Crippen LogP contribution >= 0.6 is 11.3 Å². The SMILES string of the molecule is O=C(O)O.[Cu][c]1cccs1. The zero-order chi connectivity index (χ0) is 7.98. The minimum atomic E-state index is -1.83. The van der Waals surface area contributed by atoms with E-state index in [0.29, 0.717) is 0 Å². The topological polar surface area (TPSA) is 57.5 Å². The summed E-state index contributed by atoms with van der Waals surface area (Å²) in [4.78, 5) is 8.56. The Morgan fingerprint density at radius 1 is 1.60 bits per heavy atom. The van der Waals surface area contributed by atoms with Gasteiger partial charge in [-0.25, -0.2) is 4.79 Å². The maximum absolute atomic E-state index is 8.56. The van der Waals surface area contributed by atoms with Gasteiger partial charge in [0.1, 0.15) is 0 Å². The van der Waals surface area contributed by atoms with E-state index >= 15 is 0 Å². The van der Waals surface area contributed by atoms with Gasteiger partial charge in [0.2, 0.25) is 0 Å². The molecule has 0 saturated carbocycles. The summed E-state index contributed by atoms with van der Waals surface area (Å²) in [6, 6.07) is 3.85. The van der Waals surface area contributed by atoms with Gasteiger partial charge in [0.25, 0.3) is 0 Å². The molecule has 5 heteroatoms. The first kappa shape index (κ1) is 9.49. The molecule has 0 unspecified atom stereocenters. The third-order valence-electron chi connectivity index (χ3n) is 0.465. The van der Waals surface area contributed by atoms with Crippen molar-refractivity contribution in [3.8, 4) is 0 Å². The van der Waals surface area contributed by atoms with Crippen LogP contribution in [0.1, 0.15) is 0 Å². The van der Waals surface area contributed by atoms with E-state index in [1.54, 1.807) is 11.3 Å². The third-order valence-corrected chi connectivity index (χ3v) is 1.59. The van der Waals surface area contributed by atoms with E-state index in [1.165, 1.54) is 0 Å². The zero-order valence-corrected chi connectivity index (χ0v) is 6.50. The third kappa shape index (κ3) is 7.49. The second-order valence-corrected chi connectivity index (χ2v) is 2.88. The van der Waals surface area contributed by atoms with E-state index < -0.39 is 6.16 Å². The summed E-state index contributed by atoms with van der Waals surface area (Å²) in [5, 5.41) is 15.9. The Bertz CT molecular complexity index is 181. The van der Waals surface area contributed by atoms with Crippen LogP contribution in [0.25, 0.3) is 0 Å². The number of carboxylic acid groups (broad SMARTS) is 2. The molecule has 1 rings (SSSR count). The van der Waals surface area contributed by atoms with Gasteiger partial charge in [0.15, 0.2) is 0 Å². The quantitative estimate of drug-likeness (QED) is 0.629. The van der Waals surface area contributed by atoms with Crippen LogP contribution in [0.15, 0.2) is 17.5 Å². The monoisotopic (exact) mass is 208 g/mol. The van der Waals surface area contributed by atoms with Crippen LogP contribution in [0.2, 0.25) is 0 Å². The minimum absolute atomic E-state index is 0.947. The van der Waals surface area contributed by atoms with Crippen molar-refractivity contribution in [3.05, 3.63) is 17.5 Å². The maximum atomic E-state index is 8.56. The average Bonchev–Trinajstić information content (AvgIpc) is 2.15. The van der Waals surface area contributed by atoms with Crippen molar-refractivity contribution in [1.29, 1.82) is 0 Å². The van der Waals surface area contributed by atoms with Gasteiger partial charge in [-0.2, -0.15) is 0 Å². The van der Waals surface area contributed by atoms with Crippen molar-refractivity contribution in [2.45, 2.75) is 0 Å². The predicted octanol–water partition coefficient (Wildman–Crippen LogP) is 1.14. The van der Waals surface area contributed by atoms with Crippen molar-refractivity contribution in [2.24, 2.45) is 0 Å². The molecule has 0 saturated heterocycles. The number of thiophene rings is 1. The molecule has 0 aliphatic rings. The Labute approximate surface area is 70.1 Å². The van der Waals surface area contributed by atoms with E-state index in [4.69, 9.17) is 31.0 Å². The molecular formula is C5H5CuO3S. The van der Waals surface area contributed by atoms with Gasteiger partial charge in [-0.15, -0.1) is 0 Å². The molecule has 0 aliphatic carbocycles. The van der Waals surface area contributed by atoms with Gasteiger partial charge in [0, 0.05) is 0 Å². The van der Waals surface area contributed by atoms with Crippen LogP contribution in [0.4, 0.5) is 4.79 Å². The molecule has 1 heterocycles. The zero-order valence-electron chi connectivity index (χ0n) is 4.74. The molecule has 0 aliphatic heterocycles. The van der Waals surface area contributed by atoms with Crippen molar-refractivity contribution >= 4 is 21.3 Å². The first-order valence-corrected chi connectivity index (χ1v) is 3.55. The van der Waals surface area contributed by atoms with Crippen molar-refractivity contribution in [1.82, 2.24) is 0 Å². The van der Waals surface area contributed by atoms with E-state index in [0.717, 1.165) is 3.78 Å². The Morgan fingerprint density at radius 2 is 2.10 bits per heavy atom. The van der Waals surface area contributed by atoms with Crippen molar-refractivity contribution < 1.29 is 31.0 Å². The second-order valence-electron chi connectivity index (χ2n) is 1.16. The molecule has 1 aromatic rings. The van der Waals surface area contributed by atoms with Crippen LogP contribution in [-0.4, -0.2) is 16.4 Å². The van der Waals surface area contributed by atoms with Gasteiger partial charge in [-0.3, -0.25) is 0 Å². The van der Waals surface area contributed by atoms with Gasteiger partial charge < -0.3 is 10.2 Å². The van der Waals surface area contributed by atoms with Crippen LogP contribution in [0, 0.1) is 0 Å². The molecule has 0 spiro atoms. The molecule has 0 amide bonds. The standard InChI is InChI=1S/C4H3S.CH2O3.Cu/c1-2-4-5-3-1;2-1(3)4;/h1-3H;(H2,2,3,4);. The number of rotatable bonds is 0. The van der Waals surface area contributed by atoms with Gasteiger partial charge >= 0.3 is 54.8 Å². The molecule has 0 fully saturated rings. The summed E-state index contributed by atoms with van der Waals surface area (Å²) in [5.41, 5.74) is 0. The molecule has 0 radical (unpaired) electrons. The van der Waals surface area contributed by atoms with E-state index in [-0.39, 0.29) is 0 Å². The first-order chi connectivity index (χ1) is 4.63. The Morgan fingerprint density at radius 3 is 2.20 bits per heavy atom. The summed E-state index contributed by atoms with van der Waals surface area (Å²) in [7, 11) is 0. The molecule has 60 valence electrons. The molecule has 1 aromatic heterocycles. The second kappa shape index (κ2) is 5.29. The number of hydrogen-bond acceptors (Lipinski definition) is 2. The van der Waals surface area contributed by atoms with E-state index in [2.05, 4.69) is 0 Å². The average molecular weight is 209 g/mol. The number of hydrogen-bond donors (Lipinski definition) is 2.